The fraction of sp³-hybridized carbons (Fsp3) is 0.719. The summed E-state index contributed by atoms with van der Waals surface area (Å²) < 4.78 is 31.1. The van der Waals surface area contributed by atoms with Gasteiger partial charge >= 0.3 is 6.09 Å². The number of benzene rings is 1. The molecule has 1 aliphatic heterocycles. The lowest BCUT2D eigenvalue weighted by Gasteiger charge is -2.38. The van der Waals surface area contributed by atoms with Crippen molar-refractivity contribution in [3.05, 3.63) is 29.8 Å². The molecule has 244 valence electrons. The summed E-state index contributed by atoms with van der Waals surface area (Å²) in [6.07, 6.45) is 0.766. The Morgan fingerprint density at radius 1 is 1.12 bits per heavy atom. The van der Waals surface area contributed by atoms with Crippen molar-refractivity contribution < 1.29 is 32.6 Å². The predicted molar refractivity (Wildman–Crippen MR) is 170 cm³/mol. The van der Waals surface area contributed by atoms with E-state index in [4.69, 9.17) is 4.74 Å². The quantitative estimate of drug-likeness (QED) is 0.261. The number of para-hydroxylation sites is 1. The Morgan fingerprint density at radius 3 is 2.37 bits per heavy atom. The minimum absolute atomic E-state index is 0.00168. The molecule has 0 saturated carbocycles. The highest BCUT2D eigenvalue weighted by Gasteiger charge is 2.38. The van der Waals surface area contributed by atoms with Crippen molar-refractivity contribution in [2.24, 2.45) is 11.3 Å². The number of hydrogen-bond acceptors (Lipinski definition) is 7. The second-order valence-electron chi connectivity index (χ2n) is 13.6. The number of anilines is 1. The van der Waals surface area contributed by atoms with Gasteiger partial charge in [0.2, 0.25) is 11.8 Å². The normalized spacial score (nSPS) is 17.8. The van der Waals surface area contributed by atoms with E-state index in [0.29, 0.717) is 18.7 Å². The van der Waals surface area contributed by atoms with E-state index < -0.39 is 50.3 Å². The van der Waals surface area contributed by atoms with Gasteiger partial charge in [-0.15, -0.1) is 0 Å². The number of rotatable bonds is 14. The van der Waals surface area contributed by atoms with Crippen molar-refractivity contribution in [2.45, 2.75) is 117 Å². The maximum absolute atomic E-state index is 13.8. The Bertz CT molecular complexity index is 1210. The summed E-state index contributed by atoms with van der Waals surface area (Å²) in [7, 11) is -3.38. The fourth-order valence-corrected chi connectivity index (χ4v) is 6.66. The van der Waals surface area contributed by atoms with Crippen molar-refractivity contribution in [2.75, 3.05) is 23.7 Å². The van der Waals surface area contributed by atoms with Gasteiger partial charge in [0.25, 0.3) is 0 Å². The molecule has 0 saturated heterocycles. The number of carbonyl (C=O) groups excluding carboxylic acids is 3. The third-order valence-corrected chi connectivity index (χ3v) is 9.90. The fourth-order valence-electron chi connectivity index (χ4n) is 5.38. The van der Waals surface area contributed by atoms with Crippen LogP contribution in [0.4, 0.5) is 10.5 Å². The standard InChI is InChI=1S/C32H53N3O7S/c1-9-11-16-33-29(38)22(3)17-27(36)25(34-30(39)42-31(4,5)6)19-32(7,8)20-28(37)35-21-24(43(40,41)10-2)18-23-14-12-13-15-26(23)35/h12-15,22,24-25,27,36H,9-11,16-21H2,1-8H3,(H,33,38)(H,34,39)/t22-,24?,25+,27+/m1/s1. The van der Waals surface area contributed by atoms with Crippen LogP contribution in [0.25, 0.3) is 0 Å². The summed E-state index contributed by atoms with van der Waals surface area (Å²) >= 11 is 0. The number of fused-ring (bicyclic) bond motifs is 1. The highest BCUT2D eigenvalue weighted by molar-refractivity contribution is 7.92. The second-order valence-corrected chi connectivity index (χ2v) is 16.1. The summed E-state index contributed by atoms with van der Waals surface area (Å²) in [6, 6.07) is 6.56. The van der Waals surface area contributed by atoms with Gasteiger partial charge in [-0.3, -0.25) is 9.59 Å². The van der Waals surface area contributed by atoms with Gasteiger partial charge in [-0.1, -0.05) is 59.2 Å². The number of unbranched alkanes of at least 4 members (excludes halogenated alkanes) is 1. The number of ether oxygens (including phenoxy) is 1. The summed E-state index contributed by atoms with van der Waals surface area (Å²) in [5, 5.41) is 16.2. The molecule has 0 aromatic heterocycles. The molecule has 1 aliphatic rings. The number of aliphatic hydroxyl groups is 1. The molecular formula is C32H53N3O7S. The highest BCUT2D eigenvalue weighted by atomic mass is 32.2. The molecule has 1 unspecified atom stereocenters. The van der Waals surface area contributed by atoms with E-state index in [1.807, 2.05) is 45.0 Å². The monoisotopic (exact) mass is 623 g/mol. The van der Waals surface area contributed by atoms with E-state index in [2.05, 4.69) is 10.6 Å². The number of aliphatic hydroxyl groups excluding tert-OH is 1. The Kier molecular flexibility index (Phi) is 13.1. The number of nitrogens with zero attached hydrogens (tertiary/aromatic N) is 1. The van der Waals surface area contributed by atoms with Gasteiger partial charge in [0.1, 0.15) is 5.60 Å². The predicted octanol–water partition coefficient (Wildman–Crippen LogP) is 4.38. The third kappa shape index (κ3) is 11.4. The van der Waals surface area contributed by atoms with Crippen molar-refractivity contribution in [1.29, 1.82) is 0 Å². The van der Waals surface area contributed by atoms with E-state index in [9.17, 15) is 27.9 Å². The van der Waals surface area contributed by atoms with Crippen molar-refractivity contribution in [3.8, 4) is 0 Å². The van der Waals surface area contributed by atoms with Crippen LogP contribution >= 0.6 is 0 Å². The van der Waals surface area contributed by atoms with Gasteiger partial charge in [0, 0.05) is 36.9 Å². The molecule has 2 rings (SSSR count). The summed E-state index contributed by atoms with van der Waals surface area (Å²) in [5.74, 6) is -0.902. The molecule has 0 aliphatic carbocycles. The first-order chi connectivity index (χ1) is 19.9. The Labute approximate surface area is 258 Å². The van der Waals surface area contributed by atoms with E-state index in [1.165, 1.54) is 0 Å². The minimum Gasteiger partial charge on any atom is -0.444 e. The van der Waals surface area contributed by atoms with Gasteiger partial charge < -0.3 is 25.4 Å². The molecule has 0 spiro atoms. The average Bonchev–Trinajstić information content (AvgIpc) is 2.90. The highest BCUT2D eigenvalue weighted by Crippen LogP contribution is 2.35. The number of sulfone groups is 1. The lowest BCUT2D eigenvalue weighted by Crippen LogP contribution is -2.50. The van der Waals surface area contributed by atoms with Gasteiger partial charge in [-0.2, -0.15) is 0 Å². The van der Waals surface area contributed by atoms with Crippen LogP contribution in [-0.2, 0) is 30.6 Å². The summed E-state index contributed by atoms with van der Waals surface area (Å²) in [6.45, 7) is 15.0. The lowest BCUT2D eigenvalue weighted by molar-refractivity contribution is -0.125. The zero-order valence-electron chi connectivity index (χ0n) is 27.2. The van der Waals surface area contributed by atoms with E-state index in [0.717, 1.165) is 18.4 Å². The largest absolute Gasteiger partial charge is 0.444 e. The van der Waals surface area contributed by atoms with Crippen LogP contribution in [0.15, 0.2) is 24.3 Å². The third-order valence-electron chi connectivity index (χ3n) is 7.77. The number of alkyl carbamates (subject to hydrolysis) is 1. The Morgan fingerprint density at radius 2 is 1.77 bits per heavy atom. The molecule has 1 aromatic rings. The van der Waals surface area contributed by atoms with Crippen LogP contribution in [0.2, 0.25) is 0 Å². The number of hydrogen-bond donors (Lipinski definition) is 3. The molecule has 3 N–H and O–H groups in total. The van der Waals surface area contributed by atoms with E-state index in [-0.39, 0.29) is 43.4 Å². The first kappa shape index (κ1) is 36.5. The zero-order valence-corrected chi connectivity index (χ0v) is 28.1. The van der Waals surface area contributed by atoms with Crippen LogP contribution in [0.1, 0.15) is 93.1 Å². The summed E-state index contributed by atoms with van der Waals surface area (Å²) in [5.41, 5.74) is 0.0509. The molecule has 4 atom stereocenters. The molecule has 3 amide bonds. The van der Waals surface area contributed by atoms with Crippen LogP contribution in [0, 0.1) is 11.3 Å². The molecule has 0 radical (unpaired) electrons. The minimum atomic E-state index is -3.38. The maximum Gasteiger partial charge on any atom is 0.407 e. The zero-order chi connectivity index (χ0) is 32.6. The lowest BCUT2D eigenvalue weighted by atomic mass is 9.79. The molecule has 1 aromatic carbocycles. The van der Waals surface area contributed by atoms with E-state index in [1.54, 1.807) is 39.5 Å². The Balaban J connectivity index is 2.25. The Hall–Kier alpha value is -2.66. The van der Waals surface area contributed by atoms with E-state index >= 15 is 0 Å². The van der Waals surface area contributed by atoms with Gasteiger partial charge in [-0.25, -0.2) is 13.2 Å². The first-order valence-electron chi connectivity index (χ1n) is 15.4. The number of nitrogens with one attached hydrogen (secondary N) is 2. The number of carbonyl (C=O) groups is 3. The second kappa shape index (κ2) is 15.4. The van der Waals surface area contributed by atoms with Crippen molar-refractivity contribution in [1.82, 2.24) is 10.6 Å². The van der Waals surface area contributed by atoms with Crippen LogP contribution in [-0.4, -0.2) is 73.3 Å². The molecule has 11 heteroatoms. The molecule has 0 bridgehead atoms. The molecule has 10 nitrogen and oxygen atoms in total. The smallest absolute Gasteiger partial charge is 0.407 e. The van der Waals surface area contributed by atoms with Crippen LogP contribution in [0.3, 0.4) is 0 Å². The molecular weight excluding hydrogens is 570 g/mol. The number of amides is 3. The average molecular weight is 624 g/mol. The van der Waals surface area contributed by atoms with Crippen molar-refractivity contribution in [3.63, 3.8) is 0 Å². The van der Waals surface area contributed by atoms with Crippen LogP contribution in [0.5, 0.6) is 0 Å². The maximum atomic E-state index is 13.8. The molecule has 0 fully saturated rings. The van der Waals surface area contributed by atoms with Crippen LogP contribution < -0.4 is 15.5 Å². The molecule has 1 heterocycles. The van der Waals surface area contributed by atoms with Crippen molar-refractivity contribution >= 4 is 33.4 Å². The molecule has 43 heavy (non-hydrogen) atoms. The topological polar surface area (TPSA) is 142 Å². The first-order valence-corrected chi connectivity index (χ1v) is 17.2. The van der Waals surface area contributed by atoms with Gasteiger partial charge in [0.15, 0.2) is 9.84 Å². The summed E-state index contributed by atoms with van der Waals surface area (Å²) in [4.78, 5) is 40.7. The van der Waals surface area contributed by atoms with Gasteiger partial charge in [0.05, 0.1) is 17.4 Å². The van der Waals surface area contributed by atoms with Gasteiger partial charge in [-0.05, 0) is 63.5 Å². The SMILES string of the molecule is CCCCNC(=O)[C@H](C)C[C@H](O)[C@H](CC(C)(C)CC(=O)N1CC(S(=O)(=O)CC)Cc2ccccc21)NC(=O)OC(C)(C)C.